The van der Waals surface area contributed by atoms with E-state index in [-0.39, 0.29) is 5.69 Å². The van der Waals surface area contributed by atoms with Crippen LogP contribution < -0.4 is 9.47 Å². The van der Waals surface area contributed by atoms with Crippen LogP contribution in [-0.2, 0) is 6.61 Å². The number of hydrogen-bond donors (Lipinski definition) is 0. The molecule has 0 spiro atoms. The number of hydrogen-bond acceptors (Lipinski definition) is 5. The molecule has 3 rings (SSSR count). The van der Waals surface area contributed by atoms with Crippen molar-refractivity contribution in [3.8, 4) is 17.6 Å². The number of nitriles is 1. The number of nitro benzene ring substituents is 1. The highest BCUT2D eigenvalue weighted by molar-refractivity contribution is 9.10. The Morgan fingerprint density at radius 1 is 1.17 bits per heavy atom. The van der Waals surface area contributed by atoms with Gasteiger partial charge in [0.05, 0.1) is 28.1 Å². The fourth-order valence-corrected chi connectivity index (χ4v) is 3.40. The van der Waals surface area contributed by atoms with E-state index in [1.807, 2.05) is 30.3 Å². The third kappa shape index (κ3) is 5.04. The van der Waals surface area contributed by atoms with E-state index >= 15 is 0 Å². The van der Waals surface area contributed by atoms with Crippen LogP contribution in [0, 0.1) is 21.4 Å². The van der Waals surface area contributed by atoms with Crippen LogP contribution in [0.3, 0.4) is 0 Å². The van der Waals surface area contributed by atoms with Gasteiger partial charge in [0.15, 0.2) is 11.5 Å². The topological polar surface area (TPSA) is 85.4 Å². The molecule has 0 bridgehead atoms. The summed E-state index contributed by atoms with van der Waals surface area (Å²) in [5.74, 6) is 1.05. The highest BCUT2D eigenvalue weighted by Crippen LogP contribution is 2.38. The summed E-state index contributed by atoms with van der Waals surface area (Å²) in [4.78, 5) is 10.5. The van der Waals surface area contributed by atoms with Gasteiger partial charge in [0, 0.05) is 12.1 Å². The summed E-state index contributed by atoms with van der Waals surface area (Å²) in [6.45, 7) is 0.377. The van der Waals surface area contributed by atoms with Crippen LogP contribution in [0.15, 0.2) is 71.2 Å². The molecule has 7 heteroatoms. The number of nitrogens with zero attached hydrogens (tertiary/aromatic N) is 2. The quantitative estimate of drug-likeness (QED) is 0.185. The highest BCUT2D eigenvalue weighted by atomic mass is 79.9. The molecule has 0 unspecified atom stereocenters. The zero-order valence-corrected chi connectivity index (χ0v) is 17.6. The van der Waals surface area contributed by atoms with Crippen LogP contribution in [-0.4, -0.2) is 12.0 Å². The summed E-state index contributed by atoms with van der Waals surface area (Å²) in [5, 5.41) is 20.6. The summed E-state index contributed by atoms with van der Waals surface area (Å²) >= 11 is 3.50. The van der Waals surface area contributed by atoms with Crippen molar-refractivity contribution in [3.63, 3.8) is 0 Å². The molecule has 0 aromatic heterocycles. The molecule has 0 saturated heterocycles. The first-order valence-electron chi connectivity index (χ1n) is 8.92. The molecular formula is C23H17BrN2O4. The largest absolute Gasteiger partial charge is 0.493 e. The van der Waals surface area contributed by atoms with Gasteiger partial charge >= 0.3 is 0 Å². The second kappa shape index (κ2) is 9.72. The minimum absolute atomic E-state index is 0.0722. The number of rotatable bonds is 7. The zero-order chi connectivity index (χ0) is 21.5. The molecule has 0 aliphatic heterocycles. The van der Waals surface area contributed by atoms with Gasteiger partial charge < -0.3 is 9.47 Å². The van der Waals surface area contributed by atoms with E-state index in [0.717, 1.165) is 5.56 Å². The van der Waals surface area contributed by atoms with E-state index in [9.17, 15) is 15.4 Å². The van der Waals surface area contributed by atoms with Gasteiger partial charge in [-0.05, 0) is 50.8 Å². The Labute approximate surface area is 182 Å². The van der Waals surface area contributed by atoms with Crippen molar-refractivity contribution >= 4 is 33.3 Å². The summed E-state index contributed by atoms with van der Waals surface area (Å²) < 4.78 is 12.1. The molecule has 0 N–H and O–H groups in total. The predicted molar refractivity (Wildman–Crippen MR) is 118 cm³/mol. The second-order valence-corrected chi connectivity index (χ2v) is 7.14. The maximum absolute atomic E-state index is 11.0. The fourth-order valence-electron chi connectivity index (χ4n) is 2.83. The molecule has 3 aromatic rings. The maximum Gasteiger partial charge on any atom is 0.270 e. The van der Waals surface area contributed by atoms with Crippen LogP contribution in [0.2, 0.25) is 0 Å². The molecule has 0 aliphatic rings. The van der Waals surface area contributed by atoms with Crippen molar-refractivity contribution in [2.24, 2.45) is 0 Å². The smallest absolute Gasteiger partial charge is 0.270 e. The molecule has 0 amide bonds. The van der Waals surface area contributed by atoms with Crippen molar-refractivity contribution in [1.82, 2.24) is 0 Å². The van der Waals surface area contributed by atoms with Crippen LogP contribution in [0.4, 0.5) is 5.69 Å². The molecule has 0 saturated carbocycles. The lowest BCUT2D eigenvalue weighted by Gasteiger charge is -2.14. The Bertz CT molecular complexity index is 1140. The summed E-state index contributed by atoms with van der Waals surface area (Å²) in [6.07, 6.45) is 1.65. The Kier molecular flexibility index (Phi) is 6.83. The van der Waals surface area contributed by atoms with Crippen molar-refractivity contribution in [2.45, 2.75) is 6.61 Å². The van der Waals surface area contributed by atoms with E-state index in [1.54, 1.807) is 30.3 Å². The lowest BCUT2D eigenvalue weighted by atomic mass is 10.0. The maximum atomic E-state index is 11.0. The monoisotopic (exact) mass is 464 g/mol. The van der Waals surface area contributed by atoms with Crippen LogP contribution >= 0.6 is 15.9 Å². The van der Waals surface area contributed by atoms with Crippen LogP contribution in [0.1, 0.15) is 16.7 Å². The van der Waals surface area contributed by atoms with Gasteiger partial charge in [-0.1, -0.05) is 42.5 Å². The molecule has 150 valence electrons. The fraction of sp³-hybridized carbons (Fsp3) is 0.0870. The second-order valence-electron chi connectivity index (χ2n) is 6.29. The lowest BCUT2D eigenvalue weighted by Crippen LogP contribution is -1.99. The van der Waals surface area contributed by atoms with E-state index in [0.29, 0.717) is 39.3 Å². The Balaban J connectivity index is 1.92. The van der Waals surface area contributed by atoms with Crippen molar-refractivity contribution in [2.75, 3.05) is 7.11 Å². The number of ether oxygens (including phenoxy) is 2. The van der Waals surface area contributed by atoms with Crippen LogP contribution in [0.5, 0.6) is 11.5 Å². The molecular weight excluding hydrogens is 448 g/mol. The SMILES string of the molecule is COc1cc(/C=C(\C#N)c2cccc([N+](=O)[O-])c2)cc(Br)c1OCc1ccccc1. The van der Waals surface area contributed by atoms with E-state index < -0.39 is 4.92 Å². The number of methoxy groups -OCH3 is 1. The van der Waals surface area contributed by atoms with Gasteiger partial charge in [-0.3, -0.25) is 10.1 Å². The number of allylic oxidation sites excluding steroid dienone is 1. The normalized spacial score (nSPS) is 10.9. The number of nitro groups is 1. The van der Waals surface area contributed by atoms with Crippen molar-refractivity contribution in [1.29, 1.82) is 5.26 Å². The molecule has 6 nitrogen and oxygen atoms in total. The Hall–Kier alpha value is -3.63. The average molecular weight is 465 g/mol. The first-order chi connectivity index (χ1) is 14.5. The zero-order valence-electron chi connectivity index (χ0n) is 16.0. The van der Waals surface area contributed by atoms with Crippen molar-refractivity contribution in [3.05, 3.63) is 98.0 Å². The molecule has 0 atom stereocenters. The summed E-state index contributed by atoms with van der Waals surface area (Å²) in [6, 6.07) is 21.4. The molecule has 0 aliphatic carbocycles. The molecule has 3 aromatic carbocycles. The van der Waals surface area contributed by atoms with Crippen molar-refractivity contribution < 1.29 is 14.4 Å². The van der Waals surface area contributed by atoms with Gasteiger partial charge in [0.1, 0.15) is 6.61 Å². The average Bonchev–Trinajstić information content (AvgIpc) is 2.77. The minimum atomic E-state index is -0.489. The Morgan fingerprint density at radius 2 is 1.93 bits per heavy atom. The van der Waals surface area contributed by atoms with Gasteiger partial charge in [0.2, 0.25) is 0 Å². The highest BCUT2D eigenvalue weighted by Gasteiger charge is 2.13. The van der Waals surface area contributed by atoms with Gasteiger partial charge in [0.25, 0.3) is 5.69 Å². The first kappa shape index (κ1) is 21.1. The number of benzene rings is 3. The van der Waals surface area contributed by atoms with Crippen LogP contribution in [0.25, 0.3) is 11.6 Å². The molecule has 0 heterocycles. The van der Waals surface area contributed by atoms with E-state index in [2.05, 4.69) is 22.0 Å². The molecule has 0 radical (unpaired) electrons. The van der Waals surface area contributed by atoms with E-state index in [4.69, 9.17) is 9.47 Å². The number of halogens is 1. The summed E-state index contributed by atoms with van der Waals surface area (Å²) in [5.41, 5.74) is 2.40. The summed E-state index contributed by atoms with van der Waals surface area (Å²) in [7, 11) is 1.54. The third-order valence-corrected chi connectivity index (χ3v) is 4.87. The predicted octanol–water partition coefficient (Wildman–Crippen LogP) is 6.01. The Morgan fingerprint density at radius 3 is 2.60 bits per heavy atom. The lowest BCUT2D eigenvalue weighted by molar-refractivity contribution is -0.384. The minimum Gasteiger partial charge on any atom is -0.493 e. The number of non-ortho nitro benzene ring substituents is 1. The first-order valence-corrected chi connectivity index (χ1v) is 9.72. The molecule has 30 heavy (non-hydrogen) atoms. The van der Waals surface area contributed by atoms with Gasteiger partial charge in [-0.2, -0.15) is 5.26 Å². The third-order valence-electron chi connectivity index (χ3n) is 4.28. The van der Waals surface area contributed by atoms with E-state index in [1.165, 1.54) is 19.2 Å². The van der Waals surface area contributed by atoms with Gasteiger partial charge in [-0.15, -0.1) is 0 Å². The van der Waals surface area contributed by atoms with Gasteiger partial charge in [-0.25, -0.2) is 0 Å². The molecule has 0 fully saturated rings. The standard InChI is InChI=1S/C23H17BrN2O4/c1-29-22-12-17(10-19(14-25)18-8-5-9-20(13-18)26(27)28)11-21(24)23(22)30-15-16-6-3-2-4-7-16/h2-13H,15H2,1H3/b19-10+.